The molecular formula is C14H27N3O2. The number of nitrogens with one attached hydrogen (secondary N) is 1. The summed E-state index contributed by atoms with van der Waals surface area (Å²) in [7, 11) is 0. The van der Waals surface area contributed by atoms with Gasteiger partial charge in [-0.25, -0.2) is 0 Å². The van der Waals surface area contributed by atoms with Crippen LogP contribution in [0.25, 0.3) is 0 Å². The van der Waals surface area contributed by atoms with Crippen molar-refractivity contribution in [3.8, 4) is 0 Å². The minimum absolute atomic E-state index is 0.0984. The van der Waals surface area contributed by atoms with Gasteiger partial charge in [0.1, 0.15) is 0 Å². The summed E-state index contributed by atoms with van der Waals surface area (Å²) in [6, 6.07) is -0.0984. The largest absolute Gasteiger partial charge is 0.374 e. The summed E-state index contributed by atoms with van der Waals surface area (Å²) < 4.78 is 5.74. The van der Waals surface area contributed by atoms with Crippen LogP contribution in [0.4, 0.5) is 0 Å². The molecule has 2 fully saturated rings. The number of ether oxygens (including phenoxy) is 1. The van der Waals surface area contributed by atoms with E-state index in [4.69, 9.17) is 4.74 Å². The van der Waals surface area contributed by atoms with Crippen LogP contribution in [0.15, 0.2) is 0 Å². The summed E-state index contributed by atoms with van der Waals surface area (Å²) in [5.74, 6) is 0.237. The lowest BCUT2D eigenvalue weighted by Gasteiger charge is -2.33. The number of nitrogens with zero attached hydrogens (tertiary/aromatic N) is 2. The number of carbonyl (C=O) groups excluding carboxylic acids is 1. The molecule has 0 aliphatic carbocycles. The van der Waals surface area contributed by atoms with Crippen molar-refractivity contribution in [2.75, 3.05) is 45.9 Å². The second-order valence-corrected chi connectivity index (χ2v) is 5.55. The molecule has 5 nitrogen and oxygen atoms in total. The Bertz CT molecular complexity index is 292. The van der Waals surface area contributed by atoms with Crippen molar-refractivity contribution in [2.24, 2.45) is 0 Å². The van der Waals surface area contributed by atoms with Gasteiger partial charge in [0.05, 0.1) is 18.8 Å². The van der Waals surface area contributed by atoms with Gasteiger partial charge in [0.2, 0.25) is 5.91 Å². The first-order valence-corrected chi connectivity index (χ1v) is 7.57. The predicted molar refractivity (Wildman–Crippen MR) is 75.1 cm³/mol. The van der Waals surface area contributed by atoms with Crippen LogP contribution >= 0.6 is 0 Å². The Morgan fingerprint density at radius 2 is 2.11 bits per heavy atom. The van der Waals surface area contributed by atoms with Crippen molar-refractivity contribution in [1.82, 2.24) is 15.1 Å². The summed E-state index contributed by atoms with van der Waals surface area (Å²) in [4.78, 5) is 16.5. The summed E-state index contributed by atoms with van der Waals surface area (Å²) in [5.41, 5.74) is 0. The molecule has 0 bridgehead atoms. The van der Waals surface area contributed by atoms with E-state index in [1.54, 1.807) is 0 Å². The standard InChI is InChI=1S/C14H27N3O2/c1-3-16-8-9-19-13(11-16)10-15-12(2)14(18)17-6-4-5-7-17/h12-13,15H,3-11H2,1-2H3. The molecule has 1 N–H and O–H groups in total. The van der Waals surface area contributed by atoms with Crippen molar-refractivity contribution in [3.05, 3.63) is 0 Å². The maximum Gasteiger partial charge on any atom is 0.239 e. The maximum atomic E-state index is 12.2. The third-order valence-corrected chi connectivity index (χ3v) is 4.11. The Kier molecular flexibility index (Phi) is 5.60. The highest BCUT2D eigenvalue weighted by Gasteiger charge is 2.25. The fraction of sp³-hybridized carbons (Fsp3) is 0.929. The van der Waals surface area contributed by atoms with Crippen LogP contribution in [0.1, 0.15) is 26.7 Å². The Morgan fingerprint density at radius 1 is 1.37 bits per heavy atom. The summed E-state index contributed by atoms with van der Waals surface area (Å²) in [6.07, 6.45) is 2.51. The van der Waals surface area contributed by atoms with Crippen LogP contribution in [-0.4, -0.2) is 73.7 Å². The van der Waals surface area contributed by atoms with Crippen LogP contribution in [0.2, 0.25) is 0 Å². The van der Waals surface area contributed by atoms with Crippen LogP contribution in [0.5, 0.6) is 0 Å². The molecule has 2 aliphatic heterocycles. The molecule has 2 atom stereocenters. The lowest BCUT2D eigenvalue weighted by atomic mass is 10.2. The van der Waals surface area contributed by atoms with E-state index in [1.165, 1.54) is 0 Å². The fourth-order valence-corrected chi connectivity index (χ4v) is 2.80. The van der Waals surface area contributed by atoms with Crippen molar-refractivity contribution in [3.63, 3.8) is 0 Å². The molecule has 0 aromatic heterocycles. The lowest BCUT2D eigenvalue weighted by Crippen LogP contribution is -2.50. The minimum atomic E-state index is -0.0984. The van der Waals surface area contributed by atoms with Gasteiger partial charge in [0.25, 0.3) is 0 Å². The zero-order chi connectivity index (χ0) is 13.7. The van der Waals surface area contributed by atoms with E-state index < -0.39 is 0 Å². The molecule has 2 saturated heterocycles. The molecule has 1 amide bonds. The Hall–Kier alpha value is -0.650. The number of likely N-dealkylation sites (tertiary alicyclic amines) is 1. The van der Waals surface area contributed by atoms with Crippen molar-refractivity contribution < 1.29 is 9.53 Å². The summed E-state index contributed by atoms with van der Waals surface area (Å²) >= 11 is 0. The Balaban J connectivity index is 1.70. The van der Waals surface area contributed by atoms with Gasteiger partial charge < -0.3 is 15.0 Å². The van der Waals surface area contributed by atoms with Crippen LogP contribution < -0.4 is 5.32 Å². The van der Waals surface area contributed by atoms with Crippen molar-refractivity contribution in [2.45, 2.75) is 38.8 Å². The molecule has 2 heterocycles. The monoisotopic (exact) mass is 269 g/mol. The van der Waals surface area contributed by atoms with E-state index in [1.807, 2.05) is 11.8 Å². The molecule has 2 unspecified atom stereocenters. The van der Waals surface area contributed by atoms with Crippen molar-refractivity contribution >= 4 is 5.91 Å². The van der Waals surface area contributed by atoms with E-state index in [-0.39, 0.29) is 18.1 Å². The highest BCUT2D eigenvalue weighted by atomic mass is 16.5. The number of likely N-dealkylation sites (N-methyl/N-ethyl adjacent to an activating group) is 1. The second-order valence-electron chi connectivity index (χ2n) is 5.55. The topological polar surface area (TPSA) is 44.8 Å². The van der Waals surface area contributed by atoms with E-state index in [2.05, 4.69) is 17.1 Å². The molecule has 0 saturated carbocycles. The highest BCUT2D eigenvalue weighted by molar-refractivity contribution is 5.81. The van der Waals surface area contributed by atoms with Gasteiger partial charge in [-0.1, -0.05) is 6.92 Å². The molecule has 0 spiro atoms. The molecule has 0 aromatic rings. The quantitative estimate of drug-likeness (QED) is 0.780. The number of carbonyl (C=O) groups is 1. The SMILES string of the molecule is CCN1CCOC(CNC(C)C(=O)N2CCCC2)C1. The normalized spacial score (nSPS) is 26.6. The molecule has 0 radical (unpaired) electrons. The third-order valence-electron chi connectivity index (χ3n) is 4.11. The van der Waals surface area contributed by atoms with Gasteiger partial charge in [0, 0.05) is 32.7 Å². The fourth-order valence-electron chi connectivity index (χ4n) is 2.80. The number of hydrogen-bond donors (Lipinski definition) is 1. The number of morpholine rings is 1. The van der Waals surface area contributed by atoms with Gasteiger partial charge >= 0.3 is 0 Å². The van der Waals surface area contributed by atoms with Gasteiger partial charge in [-0.3, -0.25) is 9.69 Å². The average Bonchev–Trinajstić information content (AvgIpc) is 2.98. The molecular weight excluding hydrogens is 242 g/mol. The van der Waals surface area contributed by atoms with Gasteiger partial charge in [-0.05, 0) is 26.3 Å². The molecule has 2 rings (SSSR count). The van der Waals surface area contributed by atoms with Crippen molar-refractivity contribution in [1.29, 1.82) is 0 Å². The Labute approximate surface area is 116 Å². The number of hydrogen-bond acceptors (Lipinski definition) is 4. The minimum Gasteiger partial charge on any atom is -0.374 e. The molecule has 2 aliphatic rings. The second kappa shape index (κ2) is 7.22. The molecule has 110 valence electrons. The lowest BCUT2D eigenvalue weighted by molar-refractivity contribution is -0.132. The van der Waals surface area contributed by atoms with Gasteiger partial charge in [-0.2, -0.15) is 0 Å². The first kappa shape index (κ1) is 14.8. The zero-order valence-electron chi connectivity index (χ0n) is 12.2. The third kappa shape index (κ3) is 4.16. The molecule has 19 heavy (non-hydrogen) atoms. The first-order valence-electron chi connectivity index (χ1n) is 7.57. The zero-order valence-corrected chi connectivity index (χ0v) is 12.2. The highest BCUT2D eigenvalue weighted by Crippen LogP contribution is 2.09. The van der Waals surface area contributed by atoms with Crippen LogP contribution in [0.3, 0.4) is 0 Å². The van der Waals surface area contributed by atoms with Gasteiger partial charge in [0.15, 0.2) is 0 Å². The number of amides is 1. The molecule has 0 aromatic carbocycles. The molecule has 5 heteroatoms. The maximum absolute atomic E-state index is 12.2. The predicted octanol–water partition coefficient (Wildman–Crippen LogP) is 0.308. The smallest absolute Gasteiger partial charge is 0.239 e. The van der Waals surface area contributed by atoms with E-state index in [0.29, 0.717) is 0 Å². The van der Waals surface area contributed by atoms with E-state index >= 15 is 0 Å². The Morgan fingerprint density at radius 3 is 2.79 bits per heavy atom. The van der Waals surface area contributed by atoms with Gasteiger partial charge in [-0.15, -0.1) is 0 Å². The van der Waals surface area contributed by atoms with Crippen LogP contribution in [-0.2, 0) is 9.53 Å². The summed E-state index contributed by atoms with van der Waals surface area (Å²) in [6.45, 7) is 10.6. The average molecular weight is 269 g/mol. The van der Waals surface area contributed by atoms with E-state index in [0.717, 1.165) is 58.7 Å². The first-order chi connectivity index (χ1) is 9.20. The van der Waals surface area contributed by atoms with E-state index in [9.17, 15) is 4.79 Å². The van der Waals surface area contributed by atoms with Crippen LogP contribution in [0, 0.1) is 0 Å². The summed E-state index contributed by atoms with van der Waals surface area (Å²) in [5, 5.41) is 3.33. The number of rotatable bonds is 5.